The molecule has 10 rings (SSSR count). The van der Waals surface area contributed by atoms with Gasteiger partial charge in [-0.15, -0.1) is 0 Å². The first-order valence-corrected chi connectivity index (χ1v) is 18.8. The Morgan fingerprint density at radius 3 is 1.72 bits per heavy atom. The molecule has 9 aromatic rings. The minimum absolute atomic E-state index is 0.0470. The molecule has 0 radical (unpaired) electrons. The van der Waals surface area contributed by atoms with Gasteiger partial charge in [-0.3, -0.25) is 0 Å². The second-order valence-corrected chi connectivity index (χ2v) is 15.0. The molecule has 1 aliphatic rings. The molecule has 0 saturated carbocycles. The summed E-state index contributed by atoms with van der Waals surface area (Å²) in [5, 5.41) is 5.00. The van der Waals surface area contributed by atoms with Gasteiger partial charge in [0.25, 0.3) is 0 Å². The van der Waals surface area contributed by atoms with Crippen LogP contribution in [0.25, 0.3) is 66.1 Å². The third kappa shape index (κ3) is 5.32. The summed E-state index contributed by atoms with van der Waals surface area (Å²) in [5.41, 5.74) is 16.2. The molecule has 0 atom stereocenters. The van der Waals surface area contributed by atoms with E-state index < -0.39 is 0 Å². The summed E-state index contributed by atoms with van der Waals surface area (Å²) in [6, 6.07) is 73.3. The first-order valence-electron chi connectivity index (χ1n) is 18.8. The third-order valence-corrected chi connectivity index (χ3v) is 11.5. The van der Waals surface area contributed by atoms with Crippen LogP contribution in [0.2, 0.25) is 0 Å². The molecule has 1 nitrogen and oxygen atoms in total. The Morgan fingerprint density at radius 2 is 0.889 bits per heavy atom. The Balaban J connectivity index is 1.05. The summed E-state index contributed by atoms with van der Waals surface area (Å²) in [4.78, 5) is 2.39. The van der Waals surface area contributed by atoms with E-state index in [-0.39, 0.29) is 5.41 Å². The van der Waals surface area contributed by atoms with Gasteiger partial charge in [-0.05, 0) is 114 Å². The maximum atomic E-state index is 2.39. The zero-order valence-corrected chi connectivity index (χ0v) is 30.5. The number of benzene rings is 9. The average molecular weight is 690 g/mol. The highest BCUT2D eigenvalue weighted by Gasteiger charge is 2.36. The predicted molar refractivity (Wildman–Crippen MR) is 230 cm³/mol. The van der Waals surface area contributed by atoms with Crippen molar-refractivity contribution in [3.63, 3.8) is 0 Å². The van der Waals surface area contributed by atoms with Gasteiger partial charge in [0.15, 0.2) is 0 Å². The molecular weight excluding hydrogens is 651 g/mol. The zero-order chi connectivity index (χ0) is 36.2. The van der Waals surface area contributed by atoms with Gasteiger partial charge in [0.2, 0.25) is 0 Å². The first kappa shape index (κ1) is 32.0. The van der Waals surface area contributed by atoms with Crippen molar-refractivity contribution in [1.82, 2.24) is 0 Å². The lowest BCUT2D eigenvalue weighted by Gasteiger charge is -2.27. The van der Waals surface area contributed by atoms with Gasteiger partial charge >= 0.3 is 0 Å². The molecule has 0 amide bonds. The van der Waals surface area contributed by atoms with Crippen molar-refractivity contribution < 1.29 is 0 Å². The number of hydrogen-bond acceptors (Lipinski definition) is 1. The van der Waals surface area contributed by atoms with Crippen LogP contribution >= 0.6 is 0 Å². The van der Waals surface area contributed by atoms with Crippen molar-refractivity contribution >= 4 is 38.6 Å². The van der Waals surface area contributed by atoms with E-state index in [1.54, 1.807) is 0 Å². The number of nitrogens with zero attached hydrogens (tertiary/aromatic N) is 1. The number of hydrogen-bond donors (Lipinski definition) is 0. The van der Waals surface area contributed by atoms with Crippen LogP contribution in [-0.2, 0) is 5.41 Å². The van der Waals surface area contributed by atoms with Crippen molar-refractivity contribution in [2.24, 2.45) is 0 Å². The molecule has 0 spiro atoms. The SMILES string of the molecule is CC1(C)c2ccccc2-c2c(-c3cccc(N(c4ccc(-c5ccc(-c6cccc7ccccc67)cc5)cc4)c4ccc5ccccc5c4)c3)cccc21. The molecule has 1 heteroatoms. The van der Waals surface area contributed by atoms with Crippen LogP contribution in [-0.4, -0.2) is 0 Å². The van der Waals surface area contributed by atoms with Crippen LogP contribution in [0.15, 0.2) is 200 Å². The predicted octanol–water partition coefficient (Wildman–Crippen LogP) is 14.8. The molecule has 0 aliphatic heterocycles. The summed E-state index contributed by atoms with van der Waals surface area (Å²) < 4.78 is 0. The van der Waals surface area contributed by atoms with Crippen LogP contribution in [0.3, 0.4) is 0 Å². The number of rotatable bonds is 6. The average Bonchev–Trinajstić information content (AvgIpc) is 3.47. The van der Waals surface area contributed by atoms with E-state index in [1.165, 1.54) is 77.2 Å². The normalized spacial score (nSPS) is 12.8. The largest absolute Gasteiger partial charge is 0.310 e. The van der Waals surface area contributed by atoms with Gasteiger partial charge in [0.1, 0.15) is 0 Å². The molecule has 0 heterocycles. The second-order valence-electron chi connectivity index (χ2n) is 15.0. The van der Waals surface area contributed by atoms with E-state index in [0.29, 0.717) is 0 Å². The fourth-order valence-corrected chi connectivity index (χ4v) is 8.69. The lowest BCUT2D eigenvalue weighted by Crippen LogP contribution is -2.14. The van der Waals surface area contributed by atoms with E-state index in [9.17, 15) is 0 Å². The molecule has 0 fully saturated rings. The van der Waals surface area contributed by atoms with Crippen LogP contribution in [0.1, 0.15) is 25.0 Å². The Hall–Kier alpha value is -6.70. The van der Waals surface area contributed by atoms with Crippen LogP contribution in [0, 0.1) is 0 Å². The second kappa shape index (κ2) is 12.8. The highest BCUT2D eigenvalue weighted by atomic mass is 15.1. The molecule has 0 saturated heterocycles. The number of anilines is 3. The molecular formula is C53H39N. The highest BCUT2D eigenvalue weighted by Crippen LogP contribution is 2.52. The minimum Gasteiger partial charge on any atom is -0.310 e. The van der Waals surface area contributed by atoms with Crippen molar-refractivity contribution in [2.45, 2.75) is 19.3 Å². The quantitative estimate of drug-likeness (QED) is 0.168. The topological polar surface area (TPSA) is 3.24 Å². The Kier molecular flexibility index (Phi) is 7.56. The number of fused-ring (bicyclic) bond motifs is 5. The minimum atomic E-state index is -0.0470. The summed E-state index contributed by atoms with van der Waals surface area (Å²) in [6.07, 6.45) is 0. The lowest BCUT2D eigenvalue weighted by atomic mass is 9.82. The summed E-state index contributed by atoms with van der Waals surface area (Å²) in [7, 11) is 0. The van der Waals surface area contributed by atoms with Gasteiger partial charge in [-0.1, -0.05) is 178 Å². The van der Waals surface area contributed by atoms with Crippen molar-refractivity contribution in [3.8, 4) is 44.5 Å². The molecule has 1 aliphatic carbocycles. The summed E-state index contributed by atoms with van der Waals surface area (Å²) >= 11 is 0. The summed E-state index contributed by atoms with van der Waals surface area (Å²) in [5.74, 6) is 0. The van der Waals surface area contributed by atoms with E-state index >= 15 is 0 Å². The van der Waals surface area contributed by atoms with Crippen molar-refractivity contribution in [1.29, 1.82) is 0 Å². The van der Waals surface area contributed by atoms with Gasteiger partial charge in [0.05, 0.1) is 0 Å². The molecule has 9 aromatic carbocycles. The van der Waals surface area contributed by atoms with Crippen LogP contribution in [0.5, 0.6) is 0 Å². The smallest absolute Gasteiger partial charge is 0.0468 e. The maximum absolute atomic E-state index is 2.39. The maximum Gasteiger partial charge on any atom is 0.0468 e. The zero-order valence-electron chi connectivity index (χ0n) is 30.5. The molecule has 0 N–H and O–H groups in total. The third-order valence-electron chi connectivity index (χ3n) is 11.5. The lowest BCUT2D eigenvalue weighted by molar-refractivity contribution is 0.660. The Bertz CT molecular complexity index is 2840. The van der Waals surface area contributed by atoms with Gasteiger partial charge < -0.3 is 4.90 Å². The van der Waals surface area contributed by atoms with Gasteiger partial charge in [-0.25, -0.2) is 0 Å². The molecule has 0 aromatic heterocycles. The molecule has 54 heavy (non-hydrogen) atoms. The van der Waals surface area contributed by atoms with Crippen molar-refractivity contribution in [3.05, 3.63) is 211 Å². The van der Waals surface area contributed by atoms with Crippen LogP contribution in [0.4, 0.5) is 17.1 Å². The van der Waals surface area contributed by atoms with Crippen molar-refractivity contribution in [2.75, 3.05) is 4.90 Å². The molecule has 256 valence electrons. The Morgan fingerprint density at radius 1 is 0.333 bits per heavy atom. The highest BCUT2D eigenvalue weighted by molar-refractivity contribution is 5.97. The van der Waals surface area contributed by atoms with Gasteiger partial charge in [0, 0.05) is 22.5 Å². The van der Waals surface area contributed by atoms with Gasteiger partial charge in [-0.2, -0.15) is 0 Å². The fraction of sp³-hybridized carbons (Fsp3) is 0.0566. The molecule has 0 unspecified atom stereocenters. The standard InChI is InChI=1S/C53H39N/c1-53(2)50-22-8-7-19-49(50)52-48(21-11-23-51(52)53)42-16-9-17-44(35-42)54(45-33-30-36-12-3-4-14-41(36)34-45)43-31-28-38(29-32-43)37-24-26-40(27-25-37)47-20-10-15-39-13-5-6-18-46(39)47/h3-35H,1-2H3. The van der Waals surface area contributed by atoms with E-state index in [0.717, 1.165) is 17.1 Å². The Labute approximate surface area is 317 Å². The first-order chi connectivity index (χ1) is 26.5. The summed E-state index contributed by atoms with van der Waals surface area (Å²) in [6.45, 7) is 4.70. The fourth-order valence-electron chi connectivity index (χ4n) is 8.69. The van der Waals surface area contributed by atoms with E-state index in [1.807, 2.05) is 0 Å². The van der Waals surface area contributed by atoms with E-state index in [4.69, 9.17) is 0 Å². The monoisotopic (exact) mass is 689 g/mol. The van der Waals surface area contributed by atoms with Crippen LogP contribution < -0.4 is 4.90 Å². The molecule has 0 bridgehead atoms. The van der Waals surface area contributed by atoms with E-state index in [2.05, 4.69) is 219 Å².